The second kappa shape index (κ2) is 5.07. The van der Waals surface area contributed by atoms with Crippen molar-refractivity contribution in [2.24, 2.45) is 0 Å². The number of ether oxygens (including phenoxy) is 2. The highest BCUT2D eigenvalue weighted by Crippen LogP contribution is 2.47. The Hall–Kier alpha value is -2.18. The predicted molar refractivity (Wildman–Crippen MR) is 72.4 cm³/mol. The van der Waals surface area contributed by atoms with Gasteiger partial charge in [0.1, 0.15) is 12.1 Å². The lowest BCUT2D eigenvalue weighted by atomic mass is 9.99. The van der Waals surface area contributed by atoms with Crippen LogP contribution >= 0.6 is 11.3 Å². The molecule has 0 aliphatic carbocycles. The summed E-state index contributed by atoms with van der Waals surface area (Å²) in [5.41, 5.74) is -0.813. The number of thiophene rings is 1. The third-order valence-corrected chi connectivity index (χ3v) is 4.04. The Labute approximate surface area is 120 Å². The molecule has 0 saturated carbocycles. The molecule has 0 bridgehead atoms. The highest BCUT2D eigenvalue weighted by molar-refractivity contribution is 7.10. The monoisotopic (exact) mass is 282 g/mol. The molecule has 20 heavy (non-hydrogen) atoms. The van der Waals surface area contributed by atoms with Crippen LogP contribution in [0, 0.1) is 22.7 Å². The fraction of sp³-hybridized carbons (Fsp3) is 0.200. The van der Waals surface area contributed by atoms with Gasteiger partial charge in [-0.2, -0.15) is 10.5 Å². The molecular weight excluding hydrogens is 272 g/mol. The summed E-state index contributed by atoms with van der Waals surface area (Å²) in [6.45, 7) is 0. The van der Waals surface area contributed by atoms with Crippen LogP contribution in [0.15, 0.2) is 47.8 Å². The van der Waals surface area contributed by atoms with Crippen LogP contribution in [0.3, 0.4) is 0 Å². The molecule has 0 spiro atoms. The molecule has 0 unspecified atom stereocenters. The number of hydrogen-bond donors (Lipinski definition) is 0. The van der Waals surface area contributed by atoms with Gasteiger partial charge in [-0.1, -0.05) is 36.4 Å². The molecule has 3 rings (SSSR count). The van der Waals surface area contributed by atoms with Gasteiger partial charge in [0.2, 0.25) is 0 Å². The summed E-state index contributed by atoms with van der Waals surface area (Å²) < 4.78 is 11.5. The summed E-state index contributed by atoms with van der Waals surface area (Å²) in [5, 5.41) is 20.6. The van der Waals surface area contributed by atoms with Crippen LogP contribution in [-0.2, 0) is 9.47 Å². The van der Waals surface area contributed by atoms with Crippen molar-refractivity contribution in [3.05, 3.63) is 58.3 Å². The number of benzene rings is 1. The SMILES string of the molecule is N#CC1(C#N)O[C@@H](c2ccccc2)O[C@@H]1c1cccs1. The van der Waals surface area contributed by atoms with Gasteiger partial charge in [0.05, 0.1) is 0 Å². The molecule has 2 atom stereocenters. The summed E-state index contributed by atoms with van der Waals surface area (Å²) >= 11 is 1.44. The van der Waals surface area contributed by atoms with Gasteiger partial charge < -0.3 is 9.47 Å². The largest absolute Gasteiger partial charge is 0.334 e. The zero-order chi connectivity index (χ0) is 14.0. The Bertz CT molecular complexity index is 656. The van der Waals surface area contributed by atoms with Crippen molar-refractivity contribution >= 4 is 11.3 Å². The maximum Gasteiger partial charge on any atom is 0.275 e. The quantitative estimate of drug-likeness (QED) is 0.847. The highest BCUT2D eigenvalue weighted by atomic mass is 32.1. The first kappa shape index (κ1) is 12.8. The number of nitriles is 2. The number of hydrogen-bond acceptors (Lipinski definition) is 5. The summed E-state index contributed by atoms with van der Waals surface area (Å²) in [6.07, 6.45) is -1.40. The Morgan fingerprint density at radius 2 is 1.80 bits per heavy atom. The summed E-state index contributed by atoms with van der Waals surface area (Å²) in [5.74, 6) is 0. The van der Waals surface area contributed by atoms with Crippen LogP contribution in [0.2, 0.25) is 0 Å². The molecule has 0 N–H and O–H groups in total. The van der Waals surface area contributed by atoms with E-state index in [1.807, 2.05) is 60.0 Å². The lowest BCUT2D eigenvalue weighted by molar-refractivity contribution is -0.0715. The van der Waals surface area contributed by atoms with Gasteiger partial charge in [-0.15, -0.1) is 11.3 Å². The fourth-order valence-electron chi connectivity index (χ4n) is 2.14. The number of rotatable bonds is 2. The molecule has 0 amide bonds. The maximum atomic E-state index is 9.38. The molecule has 5 heteroatoms. The Balaban J connectivity index is 1.99. The van der Waals surface area contributed by atoms with E-state index in [-0.39, 0.29) is 0 Å². The van der Waals surface area contributed by atoms with Crippen LogP contribution < -0.4 is 0 Å². The summed E-state index contributed by atoms with van der Waals surface area (Å²) in [4.78, 5) is 0.812. The first-order chi connectivity index (χ1) is 9.79. The molecule has 1 aromatic heterocycles. The summed E-state index contributed by atoms with van der Waals surface area (Å²) in [7, 11) is 0. The molecule has 1 aliphatic heterocycles. The van der Waals surface area contributed by atoms with E-state index in [4.69, 9.17) is 9.47 Å². The van der Waals surface area contributed by atoms with E-state index in [0.717, 1.165) is 10.4 Å². The van der Waals surface area contributed by atoms with Crippen LogP contribution in [0.1, 0.15) is 22.8 Å². The Morgan fingerprint density at radius 1 is 1.05 bits per heavy atom. The van der Waals surface area contributed by atoms with Crippen molar-refractivity contribution in [2.75, 3.05) is 0 Å². The van der Waals surface area contributed by atoms with Crippen LogP contribution in [-0.4, -0.2) is 5.60 Å². The van der Waals surface area contributed by atoms with E-state index in [1.165, 1.54) is 11.3 Å². The van der Waals surface area contributed by atoms with E-state index < -0.39 is 18.0 Å². The zero-order valence-electron chi connectivity index (χ0n) is 10.4. The van der Waals surface area contributed by atoms with Crippen LogP contribution in [0.25, 0.3) is 0 Å². The van der Waals surface area contributed by atoms with E-state index in [1.54, 1.807) is 0 Å². The predicted octanol–water partition coefficient (Wildman–Crippen LogP) is 3.32. The molecule has 98 valence electrons. The molecule has 2 aromatic rings. The van der Waals surface area contributed by atoms with Gasteiger partial charge in [0.15, 0.2) is 12.4 Å². The lowest BCUT2D eigenvalue weighted by Crippen LogP contribution is -2.30. The summed E-state index contributed by atoms with van der Waals surface area (Å²) in [6, 6.07) is 16.9. The normalized spacial score (nSPS) is 23.9. The lowest BCUT2D eigenvalue weighted by Gasteiger charge is -2.15. The molecule has 1 aliphatic rings. The van der Waals surface area contributed by atoms with Crippen molar-refractivity contribution in [3.63, 3.8) is 0 Å². The molecule has 4 nitrogen and oxygen atoms in total. The van der Waals surface area contributed by atoms with E-state index >= 15 is 0 Å². The van der Waals surface area contributed by atoms with Gasteiger partial charge in [-0.3, -0.25) is 0 Å². The van der Waals surface area contributed by atoms with Gasteiger partial charge in [0, 0.05) is 10.4 Å². The second-order valence-electron chi connectivity index (χ2n) is 4.35. The average Bonchev–Trinajstić information content (AvgIpc) is 3.15. The molecule has 1 aromatic carbocycles. The maximum absolute atomic E-state index is 9.38. The Morgan fingerprint density at radius 3 is 2.40 bits per heavy atom. The minimum absolute atomic E-state index is 0.692. The van der Waals surface area contributed by atoms with Gasteiger partial charge in [-0.25, -0.2) is 0 Å². The van der Waals surface area contributed by atoms with Crippen LogP contribution in [0.4, 0.5) is 0 Å². The van der Waals surface area contributed by atoms with Crippen molar-refractivity contribution in [1.29, 1.82) is 10.5 Å². The molecular formula is C15H10N2O2S. The van der Waals surface area contributed by atoms with E-state index in [2.05, 4.69) is 0 Å². The van der Waals surface area contributed by atoms with Crippen molar-refractivity contribution in [2.45, 2.75) is 18.0 Å². The highest BCUT2D eigenvalue weighted by Gasteiger charge is 2.53. The first-order valence-corrected chi connectivity index (χ1v) is 6.91. The molecule has 1 saturated heterocycles. The molecule has 2 heterocycles. The van der Waals surface area contributed by atoms with E-state index in [0.29, 0.717) is 0 Å². The fourth-order valence-corrected chi connectivity index (χ4v) is 2.95. The van der Waals surface area contributed by atoms with Gasteiger partial charge >= 0.3 is 0 Å². The topological polar surface area (TPSA) is 66.0 Å². The molecule has 0 radical (unpaired) electrons. The smallest absolute Gasteiger partial charge is 0.275 e. The third-order valence-electron chi connectivity index (χ3n) is 3.13. The minimum Gasteiger partial charge on any atom is -0.334 e. The zero-order valence-corrected chi connectivity index (χ0v) is 11.2. The van der Waals surface area contributed by atoms with Gasteiger partial charge in [0.25, 0.3) is 5.60 Å². The Kier molecular flexibility index (Phi) is 3.25. The van der Waals surface area contributed by atoms with Crippen molar-refractivity contribution in [3.8, 4) is 12.1 Å². The minimum atomic E-state index is -1.61. The third kappa shape index (κ3) is 1.99. The first-order valence-electron chi connectivity index (χ1n) is 6.03. The average molecular weight is 282 g/mol. The second-order valence-corrected chi connectivity index (χ2v) is 5.33. The van der Waals surface area contributed by atoms with Gasteiger partial charge in [-0.05, 0) is 11.4 Å². The van der Waals surface area contributed by atoms with Crippen molar-refractivity contribution < 1.29 is 9.47 Å². The standard InChI is InChI=1S/C15H10N2O2S/c16-9-15(10-17)13(12-7-4-8-20-12)18-14(19-15)11-5-2-1-3-6-11/h1-8,13-14H/t13-,14+/m1/s1. The van der Waals surface area contributed by atoms with Crippen LogP contribution in [0.5, 0.6) is 0 Å². The molecule has 1 fully saturated rings. The van der Waals surface area contributed by atoms with Crippen molar-refractivity contribution in [1.82, 2.24) is 0 Å². The number of nitrogens with zero attached hydrogens (tertiary/aromatic N) is 2. The van der Waals surface area contributed by atoms with E-state index in [9.17, 15) is 10.5 Å².